The number of hydrogen-bond acceptors (Lipinski definition) is 1. The Labute approximate surface area is 116 Å². The summed E-state index contributed by atoms with van der Waals surface area (Å²) in [6.45, 7) is 7.07. The van der Waals surface area contributed by atoms with Gasteiger partial charge in [0.05, 0.1) is 6.04 Å². The van der Waals surface area contributed by atoms with Crippen LogP contribution in [-0.2, 0) is 0 Å². The Kier molecular flexibility index (Phi) is 4.93. The fourth-order valence-corrected chi connectivity index (χ4v) is 2.09. The summed E-state index contributed by atoms with van der Waals surface area (Å²) in [5.41, 5.74) is 3.81. The third-order valence-corrected chi connectivity index (χ3v) is 3.32. The molecule has 0 atom stereocenters. The second-order valence-electron chi connectivity index (χ2n) is 4.74. The van der Waals surface area contributed by atoms with Crippen molar-refractivity contribution in [2.75, 3.05) is 6.54 Å². The molecule has 0 amide bonds. The molecule has 2 aromatic rings. The van der Waals surface area contributed by atoms with E-state index in [-0.39, 0.29) is 6.04 Å². The smallest absolute Gasteiger partial charge is 0.0579 e. The SMILES string of the molecule is C=C(CC)CNC(c1ccccc1)c1ccccc1. The van der Waals surface area contributed by atoms with E-state index in [2.05, 4.69) is 79.5 Å². The molecule has 0 bridgehead atoms. The Balaban J connectivity index is 2.21. The molecule has 98 valence electrons. The van der Waals surface area contributed by atoms with E-state index in [1.165, 1.54) is 16.7 Å². The Morgan fingerprint density at radius 1 is 0.947 bits per heavy atom. The third kappa shape index (κ3) is 3.80. The van der Waals surface area contributed by atoms with Crippen LogP contribution in [0.2, 0.25) is 0 Å². The maximum atomic E-state index is 4.07. The molecule has 0 fully saturated rings. The van der Waals surface area contributed by atoms with Gasteiger partial charge in [0.2, 0.25) is 0 Å². The van der Waals surface area contributed by atoms with E-state index in [1.54, 1.807) is 0 Å². The first-order chi connectivity index (χ1) is 9.31. The summed E-state index contributed by atoms with van der Waals surface area (Å²) in [5, 5.41) is 3.60. The van der Waals surface area contributed by atoms with Crippen LogP contribution in [0, 0.1) is 0 Å². The molecule has 0 saturated heterocycles. The molecule has 1 heteroatoms. The zero-order chi connectivity index (χ0) is 13.5. The maximum Gasteiger partial charge on any atom is 0.0579 e. The minimum absolute atomic E-state index is 0.228. The van der Waals surface area contributed by atoms with Gasteiger partial charge in [0.1, 0.15) is 0 Å². The Hall–Kier alpha value is -1.86. The quantitative estimate of drug-likeness (QED) is 0.753. The molecule has 2 aromatic carbocycles. The summed E-state index contributed by atoms with van der Waals surface area (Å²) in [5.74, 6) is 0. The summed E-state index contributed by atoms with van der Waals surface area (Å²) in [7, 11) is 0. The fourth-order valence-electron chi connectivity index (χ4n) is 2.09. The first-order valence-corrected chi connectivity index (χ1v) is 6.81. The largest absolute Gasteiger partial charge is 0.302 e. The summed E-state index contributed by atoms with van der Waals surface area (Å²) >= 11 is 0. The first-order valence-electron chi connectivity index (χ1n) is 6.81. The molecule has 0 aliphatic rings. The van der Waals surface area contributed by atoms with Crippen LogP contribution >= 0.6 is 0 Å². The molecule has 0 unspecified atom stereocenters. The predicted octanol–water partition coefficient (Wildman–Crippen LogP) is 4.33. The van der Waals surface area contributed by atoms with Gasteiger partial charge in [-0.3, -0.25) is 0 Å². The molecular formula is C18H21N. The highest BCUT2D eigenvalue weighted by atomic mass is 14.9. The Morgan fingerprint density at radius 2 is 1.42 bits per heavy atom. The standard InChI is InChI=1S/C18H21N/c1-3-15(2)14-19-18(16-10-6-4-7-11-16)17-12-8-5-9-13-17/h4-13,18-19H,2-3,14H2,1H3. The molecule has 19 heavy (non-hydrogen) atoms. The van der Waals surface area contributed by atoms with Gasteiger partial charge >= 0.3 is 0 Å². The van der Waals surface area contributed by atoms with Crippen LogP contribution in [0.15, 0.2) is 72.8 Å². The molecule has 0 radical (unpaired) electrons. The molecule has 0 spiro atoms. The van der Waals surface area contributed by atoms with Crippen molar-refractivity contribution >= 4 is 0 Å². The Morgan fingerprint density at radius 3 is 1.84 bits per heavy atom. The van der Waals surface area contributed by atoms with Crippen molar-refractivity contribution in [3.63, 3.8) is 0 Å². The van der Waals surface area contributed by atoms with Crippen molar-refractivity contribution in [1.82, 2.24) is 5.32 Å². The first kappa shape index (κ1) is 13.6. The number of hydrogen-bond donors (Lipinski definition) is 1. The van der Waals surface area contributed by atoms with E-state index in [0.29, 0.717) is 0 Å². The van der Waals surface area contributed by atoms with Gasteiger partial charge < -0.3 is 5.32 Å². The van der Waals surface area contributed by atoms with Crippen LogP contribution < -0.4 is 5.32 Å². The normalized spacial score (nSPS) is 10.6. The minimum atomic E-state index is 0.228. The van der Waals surface area contributed by atoms with E-state index in [1.807, 2.05) is 0 Å². The van der Waals surface area contributed by atoms with E-state index >= 15 is 0 Å². The minimum Gasteiger partial charge on any atom is -0.302 e. The van der Waals surface area contributed by atoms with Gasteiger partial charge in [-0.1, -0.05) is 79.7 Å². The zero-order valence-electron chi connectivity index (χ0n) is 11.5. The van der Waals surface area contributed by atoms with Crippen LogP contribution in [0.3, 0.4) is 0 Å². The lowest BCUT2D eigenvalue weighted by atomic mass is 9.98. The van der Waals surface area contributed by atoms with Crippen molar-refractivity contribution in [3.8, 4) is 0 Å². The predicted molar refractivity (Wildman–Crippen MR) is 82.2 cm³/mol. The highest BCUT2D eigenvalue weighted by molar-refractivity contribution is 5.31. The van der Waals surface area contributed by atoms with Gasteiger partial charge in [0, 0.05) is 6.54 Å². The molecule has 0 aliphatic heterocycles. The van der Waals surface area contributed by atoms with Crippen LogP contribution in [0.5, 0.6) is 0 Å². The highest BCUT2D eigenvalue weighted by Gasteiger charge is 2.12. The lowest BCUT2D eigenvalue weighted by Crippen LogP contribution is -2.24. The van der Waals surface area contributed by atoms with Gasteiger partial charge in [-0.25, -0.2) is 0 Å². The van der Waals surface area contributed by atoms with E-state index in [4.69, 9.17) is 0 Å². The monoisotopic (exact) mass is 251 g/mol. The van der Waals surface area contributed by atoms with Crippen molar-refractivity contribution in [3.05, 3.63) is 83.9 Å². The molecule has 0 saturated carbocycles. The molecule has 0 aromatic heterocycles. The summed E-state index contributed by atoms with van der Waals surface area (Å²) < 4.78 is 0. The van der Waals surface area contributed by atoms with Crippen LogP contribution in [0.1, 0.15) is 30.5 Å². The number of rotatable bonds is 6. The topological polar surface area (TPSA) is 12.0 Å². The van der Waals surface area contributed by atoms with Gasteiger partial charge in [-0.2, -0.15) is 0 Å². The fraction of sp³-hybridized carbons (Fsp3) is 0.222. The lowest BCUT2D eigenvalue weighted by molar-refractivity contribution is 0.634. The second-order valence-corrected chi connectivity index (χ2v) is 4.74. The lowest BCUT2D eigenvalue weighted by Gasteiger charge is -2.20. The van der Waals surface area contributed by atoms with E-state index < -0.39 is 0 Å². The number of nitrogens with one attached hydrogen (secondary N) is 1. The van der Waals surface area contributed by atoms with Crippen LogP contribution in [0.25, 0.3) is 0 Å². The maximum absolute atomic E-state index is 4.07. The molecular weight excluding hydrogens is 230 g/mol. The molecule has 1 N–H and O–H groups in total. The van der Waals surface area contributed by atoms with Gasteiger partial charge in [-0.15, -0.1) is 0 Å². The average molecular weight is 251 g/mol. The summed E-state index contributed by atoms with van der Waals surface area (Å²) in [4.78, 5) is 0. The molecule has 0 aliphatic carbocycles. The van der Waals surface area contributed by atoms with Gasteiger partial charge in [0.15, 0.2) is 0 Å². The average Bonchev–Trinajstić information content (AvgIpc) is 2.49. The second kappa shape index (κ2) is 6.91. The van der Waals surface area contributed by atoms with Crippen LogP contribution in [0.4, 0.5) is 0 Å². The highest BCUT2D eigenvalue weighted by Crippen LogP contribution is 2.21. The molecule has 2 rings (SSSR count). The van der Waals surface area contributed by atoms with Gasteiger partial charge in [0.25, 0.3) is 0 Å². The van der Waals surface area contributed by atoms with Gasteiger partial charge in [-0.05, 0) is 17.5 Å². The van der Waals surface area contributed by atoms with Crippen molar-refractivity contribution in [2.24, 2.45) is 0 Å². The molecule has 1 nitrogen and oxygen atoms in total. The summed E-state index contributed by atoms with van der Waals surface area (Å²) in [6, 6.07) is 21.3. The molecule has 0 heterocycles. The van der Waals surface area contributed by atoms with Crippen LogP contribution in [-0.4, -0.2) is 6.54 Å². The Bertz CT molecular complexity index is 462. The van der Waals surface area contributed by atoms with Crippen molar-refractivity contribution in [1.29, 1.82) is 0 Å². The zero-order valence-corrected chi connectivity index (χ0v) is 11.5. The third-order valence-electron chi connectivity index (χ3n) is 3.32. The van der Waals surface area contributed by atoms with E-state index in [0.717, 1.165) is 13.0 Å². The summed E-state index contributed by atoms with van der Waals surface area (Å²) in [6.07, 6.45) is 1.02. The van der Waals surface area contributed by atoms with Crippen molar-refractivity contribution in [2.45, 2.75) is 19.4 Å². The van der Waals surface area contributed by atoms with Crippen molar-refractivity contribution < 1.29 is 0 Å². The number of benzene rings is 2. The van der Waals surface area contributed by atoms with E-state index in [9.17, 15) is 0 Å².